The number of carbonyl (C=O) groups is 1. The van der Waals surface area contributed by atoms with E-state index in [0.717, 1.165) is 0 Å². The first-order valence-corrected chi connectivity index (χ1v) is 7.04. The Bertz CT molecular complexity index is 504. The molecule has 0 radical (unpaired) electrons. The minimum absolute atomic E-state index is 0.0146. The number of rotatable bonds is 4. The van der Waals surface area contributed by atoms with Gasteiger partial charge in [-0.05, 0) is 63.7 Å². The topological polar surface area (TPSA) is 49.3 Å². The Morgan fingerprint density at radius 2 is 1.57 bits per heavy atom. The largest absolute Gasteiger partial charge is 0.446 e. The van der Waals surface area contributed by atoms with E-state index >= 15 is 0 Å². The van der Waals surface area contributed by atoms with Gasteiger partial charge >= 0.3 is 5.51 Å². The molecule has 21 heavy (non-hydrogen) atoms. The van der Waals surface area contributed by atoms with Crippen molar-refractivity contribution in [2.75, 3.05) is 0 Å². The molecule has 0 bridgehead atoms. The zero-order valence-corrected chi connectivity index (χ0v) is 13.0. The van der Waals surface area contributed by atoms with Crippen molar-refractivity contribution >= 4 is 17.7 Å². The summed E-state index contributed by atoms with van der Waals surface area (Å²) >= 11 is -0.233. The molecule has 0 fully saturated rings. The molecule has 1 aromatic carbocycles. The molecule has 7 heteroatoms. The summed E-state index contributed by atoms with van der Waals surface area (Å²) in [6.07, 6.45) is 0. The summed E-state index contributed by atoms with van der Waals surface area (Å²) in [6.45, 7) is 6.46. The number of benzene rings is 1. The Hall–Kier alpha value is -1.21. The number of nitrogens with one attached hydrogen (secondary N) is 1. The van der Waals surface area contributed by atoms with Gasteiger partial charge in [0.15, 0.2) is 0 Å². The third kappa shape index (κ3) is 5.24. The van der Waals surface area contributed by atoms with Gasteiger partial charge in [-0.2, -0.15) is 13.2 Å². The van der Waals surface area contributed by atoms with Crippen LogP contribution in [-0.4, -0.2) is 27.7 Å². The van der Waals surface area contributed by atoms with Crippen LogP contribution >= 0.6 is 11.8 Å². The second-order valence-electron chi connectivity index (χ2n) is 5.71. The van der Waals surface area contributed by atoms with Crippen molar-refractivity contribution in [1.29, 1.82) is 0 Å². The molecule has 0 saturated heterocycles. The summed E-state index contributed by atoms with van der Waals surface area (Å²) in [5.74, 6) is -0.453. The van der Waals surface area contributed by atoms with Crippen LogP contribution in [0.1, 0.15) is 38.1 Å². The molecule has 0 aliphatic rings. The van der Waals surface area contributed by atoms with Crippen LogP contribution in [0.25, 0.3) is 0 Å². The molecule has 0 saturated carbocycles. The van der Waals surface area contributed by atoms with Crippen LogP contribution < -0.4 is 5.32 Å². The van der Waals surface area contributed by atoms with Gasteiger partial charge in [-0.3, -0.25) is 4.79 Å². The second kappa shape index (κ2) is 5.88. The number of hydrogen-bond donors (Lipinski definition) is 2. The quantitative estimate of drug-likeness (QED) is 0.834. The Labute approximate surface area is 125 Å². The zero-order chi connectivity index (χ0) is 16.5. The fraction of sp³-hybridized carbons (Fsp3) is 0.500. The van der Waals surface area contributed by atoms with Crippen molar-refractivity contribution in [3.05, 3.63) is 29.8 Å². The highest BCUT2D eigenvalue weighted by Crippen LogP contribution is 2.36. The molecule has 1 rings (SSSR count). The first kappa shape index (κ1) is 17.8. The fourth-order valence-corrected chi connectivity index (χ4v) is 1.86. The predicted octanol–water partition coefficient (Wildman–Crippen LogP) is 3.58. The summed E-state index contributed by atoms with van der Waals surface area (Å²) in [7, 11) is 0. The van der Waals surface area contributed by atoms with Crippen molar-refractivity contribution in [3.8, 4) is 0 Å². The Kier molecular flexibility index (Phi) is 5.00. The summed E-state index contributed by atoms with van der Waals surface area (Å²) in [6, 6.07) is 5.13. The minimum atomic E-state index is -4.35. The molecule has 118 valence electrons. The van der Waals surface area contributed by atoms with E-state index in [0.29, 0.717) is 0 Å². The van der Waals surface area contributed by atoms with Crippen LogP contribution in [0.4, 0.5) is 13.2 Å². The highest BCUT2D eigenvalue weighted by molar-refractivity contribution is 8.00. The highest BCUT2D eigenvalue weighted by Gasteiger charge is 2.36. The SMILES string of the molecule is CC(C)(O)C(C)(C)NC(=O)c1ccc(SC(F)(F)F)cc1. The van der Waals surface area contributed by atoms with Crippen molar-refractivity contribution in [1.82, 2.24) is 5.32 Å². The fourth-order valence-electron chi connectivity index (χ4n) is 1.32. The Balaban J connectivity index is 2.81. The molecule has 0 aromatic heterocycles. The molecule has 0 heterocycles. The molecule has 0 spiro atoms. The average Bonchev–Trinajstić information content (AvgIpc) is 2.25. The first-order valence-electron chi connectivity index (χ1n) is 6.22. The van der Waals surface area contributed by atoms with Gasteiger partial charge in [0.1, 0.15) is 0 Å². The van der Waals surface area contributed by atoms with Gasteiger partial charge in [0.2, 0.25) is 0 Å². The third-order valence-corrected chi connectivity index (χ3v) is 4.04. The van der Waals surface area contributed by atoms with Crippen molar-refractivity contribution in [2.24, 2.45) is 0 Å². The molecule has 0 aliphatic heterocycles. The van der Waals surface area contributed by atoms with Gasteiger partial charge in [0.25, 0.3) is 5.91 Å². The van der Waals surface area contributed by atoms with Crippen LogP contribution in [0, 0.1) is 0 Å². The zero-order valence-electron chi connectivity index (χ0n) is 12.2. The molecule has 2 N–H and O–H groups in total. The smallest absolute Gasteiger partial charge is 0.388 e. The van der Waals surface area contributed by atoms with E-state index in [1.54, 1.807) is 27.7 Å². The lowest BCUT2D eigenvalue weighted by Gasteiger charge is -2.38. The number of halogens is 3. The van der Waals surface area contributed by atoms with Gasteiger partial charge in [-0.15, -0.1) is 0 Å². The standard InChI is InChI=1S/C14H18F3NO2S/c1-12(2,13(3,4)20)18-11(19)9-5-7-10(8-6-9)21-14(15,16)17/h5-8,20H,1-4H3,(H,18,19). The molecule has 0 aliphatic carbocycles. The van der Waals surface area contributed by atoms with E-state index in [1.165, 1.54) is 24.3 Å². The summed E-state index contributed by atoms with van der Waals surface area (Å²) in [5, 5.41) is 12.6. The van der Waals surface area contributed by atoms with Crippen molar-refractivity contribution < 1.29 is 23.1 Å². The van der Waals surface area contributed by atoms with E-state index in [-0.39, 0.29) is 22.2 Å². The molecule has 1 amide bonds. The van der Waals surface area contributed by atoms with E-state index in [4.69, 9.17) is 0 Å². The van der Waals surface area contributed by atoms with Gasteiger partial charge in [-0.25, -0.2) is 0 Å². The number of hydrogen-bond acceptors (Lipinski definition) is 3. The van der Waals surface area contributed by atoms with Gasteiger partial charge in [0.05, 0.1) is 11.1 Å². The highest BCUT2D eigenvalue weighted by atomic mass is 32.2. The lowest BCUT2D eigenvalue weighted by molar-refractivity contribution is -0.0328. The normalized spacial score (nSPS) is 13.1. The number of aliphatic hydroxyl groups is 1. The summed E-state index contributed by atoms with van der Waals surface area (Å²) < 4.78 is 36.6. The number of thioether (sulfide) groups is 1. The molecule has 1 aromatic rings. The van der Waals surface area contributed by atoms with Crippen LogP contribution in [-0.2, 0) is 0 Å². The van der Waals surface area contributed by atoms with Crippen molar-refractivity contribution in [2.45, 2.75) is 49.2 Å². The maximum atomic E-state index is 12.2. The van der Waals surface area contributed by atoms with Gasteiger partial charge in [-0.1, -0.05) is 0 Å². The first-order chi connectivity index (χ1) is 9.32. The van der Waals surface area contributed by atoms with Crippen LogP contribution in [0.3, 0.4) is 0 Å². The summed E-state index contributed by atoms with van der Waals surface area (Å²) in [5.41, 5.74) is -6.15. The van der Waals surface area contributed by atoms with E-state index in [1.807, 2.05) is 0 Å². The van der Waals surface area contributed by atoms with Gasteiger partial charge in [0, 0.05) is 10.5 Å². The van der Waals surface area contributed by atoms with Crippen LogP contribution in [0.2, 0.25) is 0 Å². The Morgan fingerprint density at radius 3 is 1.95 bits per heavy atom. The van der Waals surface area contributed by atoms with Crippen molar-refractivity contribution in [3.63, 3.8) is 0 Å². The lowest BCUT2D eigenvalue weighted by atomic mass is 9.86. The van der Waals surface area contributed by atoms with Crippen LogP contribution in [0.5, 0.6) is 0 Å². The van der Waals surface area contributed by atoms with E-state index in [9.17, 15) is 23.1 Å². The minimum Gasteiger partial charge on any atom is -0.388 e. The number of amides is 1. The van der Waals surface area contributed by atoms with Gasteiger partial charge < -0.3 is 10.4 Å². The number of carbonyl (C=O) groups excluding carboxylic acids is 1. The third-order valence-electron chi connectivity index (χ3n) is 3.31. The Morgan fingerprint density at radius 1 is 1.10 bits per heavy atom. The lowest BCUT2D eigenvalue weighted by Crippen LogP contribution is -2.57. The molecular weight excluding hydrogens is 303 g/mol. The second-order valence-corrected chi connectivity index (χ2v) is 6.85. The average molecular weight is 321 g/mol. The van der Waals surface area contributed by atoms with E-state index in [2.05, 4.69) is 5.32 Å². The van der Waals surface area contributed by atoms with Crippen LogP contribution in [0.15, 0.2) is 29.2 Å². The predicted molar refractivity (Wildman–Crippen MR) is 76.2 cm³/mol. The number of alkyl halides is 3. The molecule has 3 nitrogen and oxygen atoms in total. The monoisotopic (exact) mass is 321 g/mol. The summed E-state index contributed by atoms with van der Waals surface area (Å²) in [4.78, 5) is 12.1. The molecular formula is C14H18F3NO2S. The molecule has 0 unspecified atom stereocenters. The molecule has 0 atom stereocenters. The maximum absolute atomic E-state index is 12.2. The maximum Gasteiger partial charge on any atom is 0.446 e. The van der Waals surface area contributed by atoms with E-state index < -0.39 is 22.6 Å².